The first-order chi connectivity index (χ1) is 18.1. The lowest BCUT2D eigenvalue weighted by molar-refractivity contribution is -0.146. The van der Waals surface area contributed by atoms with Crippen LogP contribution in [0.25, 0.3) is 11.2 Å². The number of para-hydroxylation sites is 1. The first kappa shape index (κ1) is 27.7. The van der Waals surface area contributed by atoms with E-state index in [1.54, 1.807) is 62.7 Å². The number of fused-ring (bicyclic) bond motifs is 1. The summed E-state index contributed by atoms with van der Waals surface area (Å²) in [5.41, 5.74) is 6.77. The third-order valence-electron chi connectivity index (χ3n) is 5.80. The van der Waals surface area contributed by atoms with E-state index in [9.17, 15) is 14.5 Å². The fourth-order valence-electron chi connectivity index (χ4n) is 4.00. The molecule has 3 aromatic rings. The average Bonchev–Trinajstić information content (AvgIpc) is 3.42. The molecule has 0 saturated carbocycles. The van der Waals surface area contributed by atoms with Crippen molar-refractivity contribution >= 4 is 36.6 Å². The Bertz CT molecular complexity index is 1310. The number of aliphatic hydroxyl groups excluding tert-OH is 1. The number of hydrogen-bond acceptors (Lipinski definition) is 12. The summed E-state index contributed by atoms with van der Waals surface area (Å²) in [6.07, 6.45) is -1.36. The zero-order valence-electron chi connectivity index (χ0n) is 21.5. The highest BCUT2D eigenvalue weighted by molar-refractivity contribution is 7.52. The van der Waals surface area contributed by atoms with Crippen molar-refractivity contribution in [2.75, 3.05) is 31.2 Å². The van der Waals surface area contributed by atoms with Crippen molar-refractivity contribution in [2.24, 2.45) is 5.92 Å². The molecular formula is C23H32N7O7P. The molecule has 1 aliphatic heterocycles. The van der Waals surface area contributed by atoms with Gasteiger partial charge < -0.3 is 30.2 Å². The number of anilines is 2. The molecule has 206 valence electrons. The number of aromatic nitrogens is 4. The van der Waals surface area contributed by atoms with Crippen LogP contribution in [0.2, 0.25) is 0 Å². The van der Waals surface area contributed by atoms with Crippen LogP contribution in [-0.2, 0) is 23.4 Å². The van der Waals surface area contributed by atoms with Gasteiger partial charge in [-0.3, -0.25) is 13.9 Å². The number of hydrogen-bond donors (Lipinski definition) is 4. The molecule has 1 fully saturated rings. The SMILES string of the molecule is CNc1nc(N)nc2c1ncn2[C@@H]1O[C@H](CO[P@](=O)(NCC(=O)OC(C)C)Oc2ccccc2)[C@@H](O)[C@@H]1C. The van der Waals surface area contributed by atoms with Crippen LogP contribution < -0.4 is 20.7 Å². The fraction of sp³-hybridized carbons (Fsp3) is 0.478. The first-order valence-electron chi connectivity index (χ1n) is 12.1. The molecule has 0 aliphatic carbocycles. The van der Waals surface area contributed by atoms with E-state index in [0.717, 1.165) is 0 Å². The van der Waals surface area contributed by atoms with Gasteiger partial charge in [0.2, 0.25) is 5.95 Å². The number of imidazole rings is 1. The van der Waals surface area contributed by atoms with Crippen molar-refractivity contribution in [1.82, 2.24) is 24.6 Å². The Morgan fingerprint density at radius 3 is 2.71 bits per heavy atom. The molecule has 15 heteroatoms. The summed E-state index contributed by atoms with van der Waals surface area (Å²) < 4.78 is 37.7. The highest BCUT2D eigenvalue weighted by atomic mass is 31.2. The lowest BCUT2D eigenvalue weighted by Crippen LogP contribution is -2.32. The molecule has 5 atom stereocenters. The number of ether oxygens (including phenoxy) is 2. The summed E-state index contributed by atoms with van der Waals surface area (Å²) in [5.74, 6) is -0.268. The number of aliphatic hydroxyl groups is 1. The second-order valence-electron chi connectivity index (χ2n) is 8.99. The number of nitrogens with two attached hydrogens (primary N) is 1. The summed E-state index contributed by atoms with van der Waals surface area (Å²) in [7, 11) is -2.39. The van der Waals surface area contributed by atoms with Gasteiger partial charge in [-0.1, -0.05) is 25.1 Å². The second kappa shape index (κ2) is 11.6. The Kier molecular flexibility index (Phi) is 8.48. The molecule has 5 N–H and O–H groups in total. The maximum Gasteiger partial charge on any atom is 0.459 e. The molecule has 2 aromatic heterocycles. The molecule has 0 unspecified atom stereocenters. The van der Waals surface area contributed by atoms with Crippen LogP contribution in [0.5, 0.6) is 5.75 Å². The number of carbonyl (C=O) groups excluding carboxylic acids is 1. The van der Waals surface area contributed by atoms with E-state index < -0.39 is 44.6 Å². The highest BCUT2D eigenvalue weighted by Crippen LogP contribution is 2.46. The maximum atomic E-state index is 13.6. The zero-order chi connectivity index (χ0) is 27.4. The Labute approximate surface area is 219 Å². The molecule has 0 bridgehead atoms. The monoisotopic (exact) mass is 549 g/mol. The number of benzene rings is 1. The van der Waals surface area contributed by atoms with Crippen LogP contribution >= 0.6 is 7.75 Å². The maximum absolute atomic E-state index is 13.6. The summed E-state index contributed by atoms with van der Waals surface area (Å²) >= 11 is 0. The van der Waals surface area contributed by atoms with E-state index in [0.29, 0.717) is 17.0 Å². The van der Waals surface area contributed by atoms with Gasteiger partial charge in [-0.2, -0.15) is 9.97 Å². The molecular weight excluding hydrogens is 517 g/mol. The van der Waals surface area contributed by atoms with Crippen LogP contribution in [0.4, 0.5) is 11.8 Å². The lowest BCUT2D eigenvalue weighted by Gasteiger charge is -2.22. The molecule has 1 aliphatic rings. The molecule has 4 rings (SSSR count). The van der Waals surface area contributed by atoms with Gasteiger partial charge in [0, 0.05) is 13.0 Å². The van der Waals surface area contributed by atoms with Crippen molar-refractivity contribution in [2.45, 2.75) is 45.3 Å². The summed E-state index contributed by atoms with van der Waals surface area (Å²) in [6, 6.07) is 8.37. The highest BCUT2D eigenvalue weighted by Gasteiger charge is 2.44. The van der Waals surface area contributed by atoms with Crippen LogP contribution in [0.3, 0.4) is 0 Å². The van der Waals surface area contributed by atoms with Gasteiger partial charge in [0.05, 0.1) is 25.1 Å². The number of rotatable bonds is 11. The van der Waals surface area contributed by atoms with Gasteiger partial charge in [0.1, 0.15) is 24.6 Å². The minimum Gasteiger partial charge on any atom is -0.462 e. The minimum atomic E-state index is -4.08. The zero-order valence-corrected chi connectivity index (χ0v) is 22.4. The average molecular weight is 550 g/mol. The van der Waals surface area contributed by atoms with Gasteiger partial charge in [0.25, 0.3) is 0 Å². The third kappa shape index (κ3) is 6.22. The smallest absolute Gasteiger partial charge is 0.459 e. The van der Waals surface area contributed by atoms with Crippen LogP contribution in [0.15, 0.2) is 36.7 Å². The number of esters is 1. The molecule has 1 aromatic carbocycles. The van der Waals surface area contributed by atoms with Gasteiger partial charge in [-0.25, -0.2) is 14.6 Å². The number of nitrogens with one attached hydrogen (secondary N) is 2. The molecule has 0 spiro atoms. The summed E-state index contributed by atoms with van der Waals surface area (Å²) in [6.45, 7) is 4.49. The first-order valence-corrected chi connectivity index (χ1v) is 13.6. The van der Waals surface area contributed by atoms with Gasteiger partial charge in [-0.05, 0) is 26.0 Å². The van der Waals surface area contributed by atoms with E-state index in [1.165, 1.54) is 6.33 Å². The van der Waals surface area contributed by atoms with Crippen LogP contribution in [-0.4, -0.2) is 69.1 Å². The van der Waals surface area contributed by atoms with Gasteiger partial charge in [0.15, 0.2) is 17.0 Å². The minimum absolute atomic E-state index is 0.0516. The standard InChI is InChI=1S/C23H32N7O7P/c1-13(2)35-17(31)10-27-38(33,37-15-8-6-5-7-9-15)34-11-16-19(32)14(3)22(36-16)30-12-26-18-20(25-4)28-23(24)29-21(18)30/h5-9,12-14,16,19,22,32H,10-11H2,1-4H3,(H,27,33)(H3,24,25,28,29)/t14-,16+,19-,22+,38+/m0/s1. The van der Waals surface area contributed by atoms with Gasteiger partial charge >= 0.3 is 13.7 Å². The third-order valence-corrected chi connectivity index (χ3v) is 7.28. The topological polar surface area (TPSA) is 185 Å². The molecule has 3 heterocycles. The Morgan fingerprint density at radius 1 is 1.29 bits per heavy atom. The van der Waals surface area contributed by atoms with Crippen LogP contribution in [0, 0.1) is 5.92 Å². The lowest BCUT2D eigenvalue weighted by atomic mass is 10.0. The molecule has 0 amide bonds. The predicted molar refractivity (Wildman–Crippen MR) is 138 cm³/mol. The van der Waals surface area contributed by atoms with Crippen LogP contribution in [0.1, 0.15) is 27.0 Å². The fourth-order valence-corrected chi connectivity index (χ4v) is 5.28. The van der Waals surface area contributed by atoms with E-state index in [4.69, 9.17) is 24.3 Å². The number of nitrogens with zero attached hydrogens (tertiary/aromatic N) is 4. The molecule has 38 heavy (non-hydrogen) atoms. The summed E-state index contributed by atoms with van der Waals surface area (Å²) in [4.78, 5) is 24.8. The van der Waals surface area contributed by atoms with E-state index in [2.05, 4.69) is 25.4 Å². The van der Waals surface area contributed by atoms with Crippen molar-refractivity contribution in [3.8, 4) is 5.75 Å². The Morgan fingerprint density at radius 2 is 2.03 bits per heavy atom. The van der Waals surface area contributed by atoms with Crippen molar-refractivity contribution in [1.29, 1.82) is 0 Å². The van der Waals surface area contributed by atoms with E-state index in [1.807, 2.05) is 0 Å². The molecule has 1 saturated heterocycles. The quantitative estimate of drug-likeness (QED) is 0.201. The van der Waals surface area contributed by atoms with E-state index in [-0.39, 0.29) is 24.4 Å². The Balaban J connectivity index is 1.50. The van der Waals surface area contributed by atoms with Crippen molar-refractivity contribution < 1.29 is 33.0 Å². The predicted octanol–water partition coefficient (Wildman–Crippen LogP) is 2.09. The Hall–Kier alpha value is -3.29. The summed E-state index contributed by atoms with van der Waals surface area (Å²) in [5, 5.41) is 16.4. The largest absolute Gasteiger partial charge is 0.462 e. The van der Waals surface area contributed by atoms with Crippen molar-refractivity contribution in [3.05, 3.63) is 36.7 Å². The van der Waals surface area contributed by atoms with Gasteiger partial charge in [-0.15, -0.1) is 0 Å². The van der Waals surface area contributed by atoms with E-state index >= 15 is 0 Å². The number of nitrogen functional groups attached to an aromatic ring is 1. The normalized spacial score (nSPS) is 22.9. The number of carbonyl (C=O) groups is 1. The van der Waals surface area contributed by atoms with Crippen molar-refractivity contribution in [3.63, 3.8) is 0 Å². The molecule has 14 nitrogen and oxygen atoms in total. The second-order valence-corrected chi connectivity index (χ2v) is 10.7. The molecule has 0 radical (unpaired) electrons.